The topological polar surface area (TPSA) is 33.3 Å². The molecule has 3 nitrogen and oxygen atoms in total. The van der Waals surface area contributed by atoms with Crippen LogP contribution in [0.1, 0.15) is 6.92 Å². The Morgan fingerprint density at radius 2 is 1.81 bits per heavy atom. The largest absolute Gasteiger partial charge is 0.491 e. The SMILES string of the molecule is CC(COc1ccccc1)NC(=S)Nc1ccc(F)cc1. The number of para-hydroxylation sites is 1. The fraction of sp³-hybridized carbons (Fsp3) is 0.188. The van der Waals surface area contributed by atoms with Gasteiger partial charge >= 0.3 is 0 Å². The molecule has 0 radical (unpaired) electrons. The summed E-state index contributed by atoms with van der Waals surface area (Å²) in [6.45, 7) is 2.47. The molecule has 0 bridgehead atoms. The van der Waals surface area contributed by atoms with E-state index in [-0.39, 0.29) is 11.9 Å². The van der Waals surface area contributed by atoms with Crippen LogP contribution in [0.4, 0.5) is 10.1 Å². The smallest absolute Gasteiger partial charge is 0.171 e. The summed E-state index contributed by atoms with van der Waals surface area (Å²) >= 11 is 5.20. The van der Waals surface area contributed by atoms with E-state index < -0.39 is 0 Å². The first-order chi connectivity index (χ1) is 10.1. The van der Waals surface area contributed by atoms with Crippen LogP contribution in [0.25, 0.3) is 0 Å². The van der Waals surface area contributed by atoms with E-state index in [9.17, 15) is 4.39 Å². The van der Waals surface area contributed by atoms with Crippen LogP contribution >= 0.6 is 12.2 Å². The number of anilines is 1. The zero-order chi connectivity index (χ0) is 15.1. The minimum Gasteiger partial charge on any atom is -0.491 e. The van der Waals surface area contributed by atoms with Crippen LogP contribution < -0.4 is 15.4 Å². The van der Waals surface area contributed by atoms with Gasteiger partial charge in [0, 0.05) is 5.69 Å². The minimum atomic E-state index is -0.274. The lowest BCUT2D eigenvalue weighted by atomic mass is 10.3. The Balaban J connectivity index is 1.75. The maximum atomic E-state index is 12.8. The highest BCUT2D eigenvalue weighted by atomic mass is 32.1. The van der Waals surface area contributed by atoms with Crippen LogP contribution in [0.15, 0.2) is 54.6 Å². The average molecular weight is 304 g/mol. The van der Waals surface area contributed by atoms with Gasteiger partial charge in [-0.25, -0.2) is 4.39 Å². The molecule has 2 aromatic carbocycles. The number of rotatable bonds is 5. The molecular weight excluding hydrogens is 287 g/mol. The zero-order valence-corrected chi connectivity index (χ0v) is 12.5. The third kappa shape index (κ3) is 5.39. The van der Waals surface area contributed by atoms with Gasteiger partial charge in [-0.3, -0.25) is 0 Å². The van der Waals surface area contributed by atoms with Gasteiger partial charge in [0.25, 0.3) is 0 Å². The van der Waals surface area contributed by atoms with Gasteiger partial charge in [0.1, 0.15) is 18.2 Å². The van der Waals surface area contributed by atoms with E-state index in [1.807, 2.05) is 37.3 Å². The van der Waals surface area contributed by atoms with Crippen molar-refractivity contribution in [1.82, 2.24) is 5.32 Å². The molecule has 5 heteroatoms. The van der Waals surface area contributed by atoms with Gasteiger partial charge in [0.2, 0.25) is 0 Å². The molecule has 1 atom stereocenters. The van der Waals surface area contributed by atoms with Crippen LogP contribution in [0, 0.1) is 5.82 Å². The van der Waals surface area contributed by atoms with Crippen LogP contribution in [-0.4, -0.2) is 17.8 Å². The summed E-state index contributed by atoms with van der Waals surface area (Å²) in [5, 5.41) is 6.59. The predicted octanol–water partition coefficient (Wildman–Crippen LogP) is 3.58. The van der Waals surface area contributed by atoms with Crippen LogP contribution in [0.2, 0.25) is 0 Å². The Morgan fingerprint density at radius 1 is 1.14 bits per heavy atom. The van der Waals surface area contributed by atoms with Crippen molar-refractivity contribution >= 4 is 23.0 Å². The molecule has 0 aliphatic heterocycles. The molecule has 0 saturated carbocycles. The van der Waals surface area contributed by atoms with Gasteiger partial charge < -0.3 is 15.4 Å². The van der Waals surface area contributed by atoms with Gasteiger partial charge in [-0.1, -0.05) is 18.2 Å². The van der Waals surface area contributed by atoms with Gasteiger partial charge in [-0.2, -0.15) is 0 Å². The highest BCUT2D eigenvalue weighted by Gasteiger charge is 2.05. The maximum absolute atomic E-state index is 12.8. The fourth-order valence-corrected chi connectivity index (χ4v) is 2.02. The number of nitrogens with one attached hydrogen (secondary N) is 2. The summed E-state index contributed by atoms with van der Waals surface area (Å²) < 4.78 is 18.4. The lowest BCUT2D eigenvalue weighted by Crippen LogP contribution is -2.39. The first-order valence-corrected chi connectivity index (χ1v) is 7.05. The number of benzene rings is 2. The molecule has 0 spiro atoms. The molecule has 2 rings (SSSR count). The molecule has 0 aromatic heterocycles. The number of ether oxygens (including phenoxy) is 1. The maximum Gasteiger partial charge on any atom is 0.171 e. The zero-order valence-electron chi connectivity index (χ0n) is 11.7. The van der Waals surface area contributed by atoms with Gasteiger partial charge in [0.05, 0.1) is 6.04 Å². The van der Waals surface area contributed by atoms with Crippen LogP contribution in [-0.2, 0) is 0 Å². The molecule has 0 aliphatic carbocycles. The fourth-order valence-electron chi connectivity index (χ4n) is 1.70. The highest BCUT2D eigenvalue weighted by molar-refractivity contribution is 7.80. The first kappa shape index (κ1) is 15.3. The molecule has 0 fully saturated rings. The van der Waals surface area contributed by atoms with Crippen molar-refractivity contribution in [2.75, 3.05) is 11.9 Å². The van der Waals surface area contributed by atoms with E-state index in [0.29, 0.717) is 11.7 Å². The van der Waals surface area contributed by atoms with Crippen molar-refractivity contribution in [3.05, 3.63) is 60.4 Å². The second-order valence-corrected chi connectivity index (χ2v) is 5.04. The van der Waals surface area contributed by atoms with Crippen molar-refractivity contribution in [3.63, 3.8) is 0 Å². The summed E-state index contributed by atoms with van der Waals surface area (Å²) in [4.78, 5) is 0. The van der Waals surface area contributed by atoms with E-state index in [1.54, 1.807) is 12.1 Å². The monoisotopic (exact) mass is 304 g/mol. The Hall–Kier alpha value is -2.14. The molecular formula is C16H17FN2OS. The van der Waals surface area contributed by atoms with E-state index in [4.69, 9.17) is 17.0 Å². The molecule has 1 unspecified atom stereocenters. The predicted molar refractivity (Wildman–Crippen MR) is 87.2 cm³/mol. The Kier molecular flexibility index (Phi) is 5.51. The second-order valence-electron chi connectivity index (χ2n) is 4.63. The standard InChI is InChI=1S/C16H17FN2OS/c1-12(11-20-15-5-3-2-4-6-15)18-16(21)19-14-9-7-13(17)8-10-14/h2-10,12H,11H2,1H3,(H2,18,19,21). The molecule has 0 aliphatic rings. The number of hydrogen-bond acceptors (Lipinski definition) is 2. The van der Waals surface area contributed by atoms with Crippen molar-refractivity contribution in [2.24, 2.45) is 0 Å². The minimum absolute atomic E-state index is 0.0469. The van der Waals surface area contributed by atoms with Gasteiger partial charge in [-0.05, 0) is 55.5 Å². The summed E-state index contributed by atoms with van der Waals surface area (Å²) in [7, 11) is 0. The lowest BCUT2D eigenvalue weighted by Gasteiger charge is -2.17. The Morgan fingerprint density at radius 3 is 2.48 bits per heavy atom. The van der Waals surface area contributed by atoms with Crippen molar-refractivity contribution in [3.8, 4) is 5.75 Å². The Bertz CT molecular complexity index is 575. The molecule has 0 saturated heterocycles. The normalized spacial score (nSPS) is 11.5. The van der Waals surface area contributed by atoms with Crippen LogP contribution in [0.5, 0.6) is 5.75 Å². The highest BCUT2D eigenvalue weighted by Crippen LogP contribution is 2.09. The third-order valence-electron chi connectivity index (χ3n) is 2.72. The molecule has 21 heavy (non-hydrogen) atoms. The number of thiocarbonyl (C=S) groups is 1. The van der Waals surface area contributed by atoms with Gasteiger partial charge in [-0.15, -0.1) is 0 Å². The summed E-state index contributed by atoms with van der Waals surface area (Å²) in [5.74, 6) is 0.549. The quantitative estimate of drug-likeness (QED) is 0.827. The number of hydrogen-bond donors (Lipinski definition) is 2. The van der Waals surface area contributed by atoms with E-state index in [1.165, 1.54) is 12.1 Å². The molecule has 110 valence electrons. The molecule has 2 aromatic rings. The number of halogens is 1. The van der Waals surface area contributed by atoms with E-state index in [2.05, 4.69) is 10.6 Å². The lowest BCUT2D eigenvalue weighted by molar-refractivity contribution is 0.287. The van der Waals surface area contributed by atoms with Crippen molar-refractivity contribution in [1.29, 1.82) is 0 Å². The molecule has 0 heterocycles. The molecule has 2 N–H and O–H groups in total. The van der Waals surface area contributed by atoms with E-state index >= 15 is 0 Å². The Labute approximate surface area is 129 Å². The molecule has 0 amide bonds. The van der Waals surface area contributed by atoms with Crippen molar-refractivity contribution < 1.29 is 9.13 Å². The summed E-state index contributed by atoms with van der Waals surface area (Å²) in [6.07, 6.45) is 0. The summed E-state index contributed by atoms with van der Waals surface area (Å²) in [6, 6.07) is 15.7. The second kappa shape index (κ2) is 7.59. The van der Waals surface area contributed by atoms with Crippen LogP contribution in [0.3, 0.4) is 0 Å². The third-order valence-corrected chi connectivity index (χ3v) is 2.94. The summed E-state index contributed by atoms with van der Waals surface area (Å²) in [5.41, 5.74) is 0.741. The average Bonchev–Trinajstić information content (AvgIpc) is 2.48. The van der Waals surface area contributed by atoms with Crippen molar-refractivity contribution in [2.45, 2.75) is 13.0 Å². The van der Waals surface area contributed by atoms with Gasteiger partial charge in [0.15, 0.2) is 5.11 Å². The van der Waals surface area contributed by atoms with E-state index in [0.717, 1.165) is 11.4 Å². The first-order valence-electron chi connectivity index (χ1n) is 6.64.